The highest BCUT2D eigenvalue weighted by molar-refractivity contribution is 7.99. The fourth-order valence-corrected chi connectivity index (χ4v) is 11.1. The second-order valence-corrected chi connectivity index (χ2v) is 16.2. The smallest absolute Gasteiger partial charge is 0.103 e. The molecule has 0 spiro atoms. The molecule has 0 aliphatic heterocycles. The molecule has 4 saturated carbocycles. The van der Waals surface area contributed by atoms with Crippen molar-refractivity contribution in [3.05, 3.63) is 0 Å². The number of aliphatic hydroxyl groups is 1. The van der Waals surface area contributed by atoms with E-state index in [-0.39, 0.29) is 6.10 Å². The summed E-state index contributed by atoms with van der Waals surface area (Å²) >= 11 is 1.88. The van der Waals surface area contributed by atoms with E-state index in [0.717, 1.165) is 60.7 Å². The Kier molecular flexibility index (Phi) is 10.5. The third kappa shape index (κ3) is 6.61. The molecule has 4 aliphatic carbocycles. The number of hydrogen-bond acceptors (Lipinski definition) is 3. The third-order valence-corrected chi connectivity index (χ3v) is 13.4. The van der Waals surface area contributed by atoms with Gasteiger partial charge in [0, 0.05) is 0 Å². The largest absolute Gasteiger partial charge is 0.393 e. The van der Waals surface area contributed by atoms with E-state index in [1.54, 1.807) is 0 Å². The maximum absolute atomic E-state index is 9.63. The van der Waals surface area contributed by atoms with Gasteiger partial charge >= 0.3 is 0 Å². The first kappa shape index (κ1) is 30.2. The van der Waals surface area contributed by atoms with E-state index in [2.05, 4.69) is 40.9 Å². The first-order valence-corrected chi connectivity index (χ1v) is 17.7. The van der Waals surface area contributed by atoms with Crippen LogP contribution in [0.15, 0.2) is 0 Å². The monoisotopic (exact) mass is 534 g/mol. The van der Waals surface area contributed by atoms with Gasteiger partial charge in [0.15, 0.2) is 0 Å². The summed E-state index contributed by atoms with van der Waals surface area (Å²) in [4.78, 5) is 0. The first-order chi connectivity index (χ1) is 17.6. The Morgan fingerprint density at radius 1 is 0.811 bits per heavy atom. The summed E-state index contributed by atoms with van der Waals surface area (Å²) in [7, 11) is 0. The van der Waals surface area contributed by atoms with Gasteiger partial charge in [0.25, 0.3) is 0 Å². The van der Waals surface area contributed by atoms with E-state index in [9.17, 15) is 5.11 Å². The van der Waals surface area contributed by atoms with Crippen LogP contribution in [0.5, 0.6) is 0 Å². The summed E-state index contributed by atoms with van der Waals surface area (Å²) in [5.41, 5.74) is 1.46. The highest BCUT2D eigenvalue weighted by atomic mass is 32.2. The number of fused-ring (bicyclic) bond motifs is 5. The number of ether oxygens (including phenoxy) is 1. The zero-order valence-electron chi connectivity index (χ0n) is 25.6. The molecule has 1 unspecified atom stereocenters. The minimum Gasteiger partial charge on any atom is -0.393 e. The van der Waals surface area contributed by atoms with Crippen molar-refractivity contribution < 1.29 is 9.84 Å². The summed E-state index contributed by atoms with van der Waals surface area (Å²) in [6, 6.07) is 0. The van der Waals surface area contributed by atoms with Gasteiger partial charge < -0.3 is 9.84 Å². The molecule has 0 aromatic carbocycles. The maximum Gasteiger partial charge on any atom is 0.103 e. The van der Waals surface area contributed by atoms with Crippen LogP contribution in [0.25, 0.3) is 0 Å². The molecule has 1 N–H and O–H groups in total. The molecule has 3 heteroatoms. The van der Waals surface area contributed by atoms with Crippen LogP contribution in [0.1, 0.15) is 138 Å². The van der Waals surface area contributed by atoms with Gasteiger partial charge in [-0.25, -0.2) is 0 Å². The SMILES string of the molecule is CSC(CCC[C@@H](C)O)O[C@H]1CC[C@@]2(C)[C@@H](CC[C@@H]3[C@@H]2CC[C@]2(C)[C@@H]([C@@H](C)CCCC(C)C)CC[C@@H]32)C1. The minimum absolute atomic E-state index is 0.186. The molecule has 4 fully saturated rings. The molecule has 37 heavy (non-hydrogen) atoms. The van der Waals surface area contributed by atoms with Crippen LogP contribution < -0.4 is 0 Å². The Morgan fingerprint density at radius 2 is 1.51 bits per heavy atom. The second kappa shape index (κ2) is 12.8. The van der Waals surface area contributed by atoms with E-state index >= 15 is 0 Å². The molecule has 11 atom stereocenters. The summed E-state index contributed by atoms with van der Waals surface area (Å²) in [5.74, 6) is 6.54. The third-order valence-electron chi connectivity index (χ3n) is 12.5. The average molecular weight is 535 g/mol. The van der Waals surface area contributed by atoms with Crippen LogP contribution in [-0.4, -0.2) is 29.0 Å². The van der Waals surface area contributed by atoms with Gasteiger partial charge in [-0.1, -0.05) is 53.9 Å². The molecule has 216 valence electrons. The number of hydrogen-bond donors (Lipinski definition) is 1. The van der Waals surface area contributed by atoms with Crippen LogP contribution in [0, 0.1) is 52.3 Å². The predicted molar refractivity (Wildman–Crippen MR) is 161 cm³/mol. The standard InChI is InChI=1S/C34H62O2S/c1-23(2)10-8-11-24(3)29-16-17-30-28-15-14-26-22-27(36-32(37-7)13-9-12-25(4)35)18-20-33(26,5)31(28)19-21-34(29,30)6/h23-32,35H,8-22H2,1-7H3/t24-,25+,26-,27-,28-,29+,30-,31-,32?,33-,34+/m0/s1. The molecule has 0 aromatic rings. The summed E-state index contributed by atoms with van der Waals surface area (Å²) in [5, 5.41) is 9.63. The van der Waals surface area contributed by atoms with Crippen LogP contribution in [-0.2, 0) is 4.74 Å². The van der Waals surface area contributed by atoms with Crippen LogP contribution in [0.3, 0.4) is 0 Å². The van der Waals surface area contributed by atoms with Crippen molar-refractivity contribution in [3.8, 4) is 0 Å². The van der Waals surface area contributed by atoms with E-state index in [0.29, 0.717) is 22.4 Å². The second-order valence-electron chi connectivity index (χ2n) is 15.2. The molecule has 0 radical (unpaired) electrons. The molecule has 0 amide bonds. The minimum atomic E-state index is -0.186. The van der Waals surface area contributed by atoms with Gasteiger partial charge in [0.2, 0.25) is 0 Å². The average Bonchev–Trinajstić information content (AvgIpc) is 3.20. The summed E-state index contributed by atoms with van der Waals surface area (Å²) in [6.07, 6.45) is 22.7. The van der Waals surface area contributed by atoms with Gasteiger partial charge in [0.05, 0.1) is 12.2 Å². The molecule has 2 nitrogen and oxygen atoms in total. The van der Waals surface area contributed by atoms with Crippen molar-refractivity contribution in [1.82, 2.24) is 0 Å². The van der Waals surface area contributed by atoms with Gasteiger partial charge in [-0.3, -0.25) is 0 Å². The summed E-state index contributed by atoms with van der Waals surface area (Å²) in [6.45, 7) is 14.7. The Hall–Kier alpha value is 0.270. The quantitative estimate of drug-likeness (QED) is 0.253. The van der Waals surface area contributed by atoms with E-state index in [1.807, 2.05) is 18.7 Å². The van der Waals surface area contributed by atoms with Crippen molar-refractivity contribution in [2.45, 2.75) is 155 Å². The van der Waals surface area contributed by atoms with E-state index in [4.69, 9.17) is 4.74 Å². The van der Waals surface area contributed by atoms with Gasteiger partial charge in [-0.05, 0) is 142 Å². The van der Waals surface area contributed by atoms with Gasteiger partial charge in [-0.2, -0.15) is 0 Å². The normalized spacial score (nSPS) is 42.1. The molecule has 0 bridgehead atoms. The fourth-order valence-electron chi connectivity index (χ4n) is 10.4. The molecular weight excluding hydrogens is 472 g/mol. The number of aliphatic hydroxyl groups excluding tert-OH is 1. The fraction of sp³-hybridized carbons (Fsp3) is 1.00. The Labute approximate surface area is 235 Å². The van der Waals surface area contributed by atoms with Gasteiger partial charge in [0.1, 0.15) is 5.44 Å². The Balaban J connectivity index is 1.34. The van der Waals surface area contributed by atoms with Crippen LogP contribution in [0.4, 0.5) is 0 Å². The Morgan fingerprint density at radius 3 is 2.22 bits per heavy atom. The molecule has 4 rings (SSSR count). The lowest BCUT2D eigenvalue weighted by molar-refractivity contribution is -0.139. The van der Waals surface area contributed by atoms with Gasteiger partial charge in [-0.15, -0.1) is 11.8 Å². The number of rotatable bonds is 12. The number of thioether (sulfide) groups is 1. The van der Waals surface area contributed by atoms with Crippen molar-refractivity contribution in [2.24, 2.45) is 52.3 Å². The lowest BCUT2D eigenvalue weighted by Gasteiger charge is -2.61. The van der Waals surface area contributed by atoms with Crippen LogP contribution in [0.2, 0.25) is 0 Å². The molecule has 0 saturated heterocycles. The van der Waals surface area contributed by atoms with Crippen molar-refractivity contribution in [2.75, 3.05) is 6.26 Å². The highest BCUT2D eigenvalue weighted by Gasteiger charge is 2.60. The topological polar surface area (TPSA) is 29.5 Å². The maximum atomic E-state index is 9.63. The predicted octanol–water partition coefficient (Wildman–Crippen LogP) is 9.73. The Bertz CT molecular complexity index is 708. The first-order valence-electron chi connectivity index (χ1n) is 16.4. The van der Waals surface area contributed by atoms with E-state index < -0.39 is 0 Å². The van der Waals surface area contributed by atoms with Crippen LogP contribution >= 0.6 is 11.8 Å². The molecule has 0 heterocycles. The molecule has 4 aliphatic rings. The van der Waals surface area contributed by atoms with E-state index in [1.165, 1.54) is 77.0 Å². The lowest BCUT2D eigenvalue weighted by Crippen LogP contribution is -2.54. The highest BCUT2D eigenvalue weighted by Crippen LogP contribution is 2.68. The lowest BCUT2D eigenvalue weighted by atomic mass is 9.44. The van der Waals surface area contributed by atoms with Crippen molar-refractivity contribution in [3.63, 3.8) is 0 Å². The molecule has 0 aromatic heterocycles. The zero-order valence-corrected chi connectivity index (χ0v) is 26.5. The van der Waals surface area contributed by atoms with Crippen molar-refractivity contribution in [1.29, 1.82) is 0 Å². The molecular formula is C34H62O2S. The zero-order chi connectivity index (χ0) is 26.8. The van der Waals surface area contributed by atoms with Crippen molar-refractivity contribution >= 4 is 11.8 Å². The summed E-state index contributed by atoms with van der Waals surface area (Å²) < 4.78 is 6.71.